The molecule has 8 nitrogen and oxygen atoms in total. The molecule has 0 radical (unpaired) electrons. The normalized spacial score (nSPS) is 11.4. The Morgan fingerprint density at radius 1 is 1.06 bits per heavy atom. The fourth-order valence-electron chi connectivity index (χ4n) is 4.31. The summed E-state index contributed by atoms with van der Waals surface area (Å²) < 4.78 is 11.2. The molecule has 0 amide bonds. The molecule has 0 aliphatic rings. The van der Waals surface area contributed by atoms with Crippen LogP contribution in [0.3, 0.4) is 0 Å². The molecule has 32 heavy (non-hydrogen) atoms. The van der Waals surface area contributed by atoms with Gasteiger partial charge in [0.15, 0.2) is 0 Å². The number of nitrogens with zero attached hydrogens (tertiary/aromatic N) is 5. The van der Waals surface area contributed by atoms with E-state index in [0.717, 1.165) is 67.2 Å². The summed E-state index contributed by atoms with van der Waals surface area (Å²) >= 11 is 0. The van der Waals surface area contributed by atoms with Crippen LogP contribution in [0.1, 0.15) is 17.3 Å². The van der Waals surface area contributed by atoms with Crippen molar-refractivity contribution in [3.8, 4) is 28.1 Å². The highest BCUT2D eigenvalue weighted by molar-refractivity contribution is 6.14. The number of methoxy groups -OCH3 is 1. The van der Waals surface area contributed by atoms with Crippen molar-refractivity contribution in [3.05, 3.63) is 47.9 Å². The largest absolute Gasteiger partial charge is 0.496 e. The molecule has 4 heterocycles. The van der Waals surface area contributed by atoms with E-state index >= 15 is 0 Å². The maximum atomic E-state index is 5.79. The molecule has 0 saturated heterocycles. The number of rotatable bonds is 4. The minimum atomic E-state index is 0.693. The molecule has 0 aliphatic carbocycles. The van der Waals surface area contributed by atoms with Crippen LogP contribution < -0.4 is 9.64 Å². The van der Waals surface area contributed by atoms with E-state index in [1.54, 1.807) is 13.3 Å². The number of aromatic nitrogens is 5. The molecule has 5 rings (SSSR count). The average molecular weight is 428 g/mol. The molecular weight excluding hydrogens is 404 g/mol. The molecular formula is C24H24N6O2. The van der Waals surface area contributed by atoms with E-state index in [1.807, 2.05) is 58.1 Å². The van der Waals surface area contributed by atoms with Crippen LogP contribution in [0.5, 0.6) is 5.75 Å². The Bertz CT molecular complexity index is 1460. The fourth-order valence-corrected chi connectivity index (χ4v) is 4.31. The van der Waals surface area contributed by atoms with E-state index in [9.17, 15) is 0 Å². The summed E-state index contributed by atoms with van der Waals surface area (Å²) in [5.74, 6) is 2.18. The summed E-state index contributed by atoms with van der Waals surface area (Å²) in [6.07, 6.45) is 3.64. The van der Waals surface area contributed by atoms with E-state index in [1.165, 1.54) is 0 Å². The number of H-pyrrole nitrogens is 1. The number of nitrogens with one attached hydrogen (secondary N) is 1. The molecule has 0 bridgehead atoms. The van der Waals surface area contributed by atoms with Gasteiger partial charge < -0.3 is 19.1 Å². The zero-order chi connectivity index (χ0) is 22.6. The molecule has 0 aliphatic heterocycles. The van der Waals surface area contributed by atoms with Crippen LogP contribution in [0.15, 0.2) is 35.1 Å². The van der Waals surface area contributed by atoms with Gasteiger partial charge >= 0.3 is 0 Å². The van der Waals surface area contributed by atoms with Gasteiger partial charge in [0, 0.05) is 42.3 Å². The van der Waals surface area contributed by atoms with Gasteiger partial charge in [-0.15, -0.1) is 0 Å². The van der Waals surface area contributed by atoms with Crippen LogP contribution >= 0.6 is 0 Å². The van der Waals surface area contributed by atoms with Crippen LogP contribution in [0, 0.1) is 20.8 Å². The van der Waals surface area contributed by atoms with E-state index in [0.29, 0.717) is 5.82 Å². The SMILES string of the molecule is COc1cc2c(cc1-c1c(C)noc1C)[nH]c1nc(C)nc(-c3ccncc3N(C)C)c12. The number of hydrogen-bond acceptors (Lipinski definition) is 7. The number of benzene rings is 1. The Balaban J connectivity index is 1.87. The Kier molecular flexibility index (Phi) is 4.58. The molecule has 1 N–H and O–H groups in total. The van der Waals surface area contributed by atoms with E-state index in [4.69, 9.17) is 14.2 Å². The second-order valence-corrected chi connectivity index (χ2v) is 8.05. The quantitative estimate of drug-likeness (QED) is 0.438. The van der Waals surface area contributed by atoms with E-state index in [-0.39, 0.29) is 0 Å². The average Bonchev–Trinajstić information content (AvgIpc) is 3.30. The van der Waals surface area contributed by atoms with Gasteiger partial charge in [-0.2, -0.15) is 0 Å². The molecule has 0 atom stereocenters. The second kappa shape index (κ2) is 7.33. The van der Waals surface area contributed by atoms with Crippen LogP contribution in [0.25, 0.3) is 44.3 Å². The Morgan fingerprint density at radius 2 is 1.88 bits per heavy atom. The molecule has 1 aromatic carbocycles. The number of pyridine rings is 1. The minimum absolute atomic E-state index is 0.693. The van der Waals surface area contributed by atoms with Gasteiger partial charge in [0.25, 0.3) is 0 Å². The number of aromatic amines is 1. The van der Waals surface area contributed by atoms with Crippen LogP contribution in [-0.2, 0) is 0 Å². The van der Waals surface area contributed by atoms with Crippen LogP contribution in [0.4, 0.5) is 5.69 Å². The second-order valence-electron chi connectivity index (χ2n) is 8.05. The fraction of sp³-hybridized carbons (Fsp3) is 0.250. The standard InChI is InChI=1S/C24H24N6O2/c1-12-21(13(2)32-29-12)17-9-18-16(10-20(17)31-6)22-23(26-14(3)27-24(22)28-18)15-7-8-25-11-19(15)30(4)5/h7-11H,1-6H3,(H,26,27,28). The third-order valence-corrected chi connectivity index (χ3v) is 5.72. The van der Waals surface area contributed by atoms with Crippen molar-refractivity contribution in [3.63, 3.8) is 0 Å². The van der Waals surface area contributed by atoms with Gasteiger partial charge in [-0.05, 0) is 39.0 Å². The number of hydrogen-bond donors (Lipinski definition) is 1. The molecule has 0 saturated carbocycles. The Labute approximate surface area is 185 Å². The smallest absolute Gasteiger partial charge is 0.142 e. The molecule has 0 unspecified atom stereocenters. The molecule has 162 valence electrons. The lowest BCUT2D eigenvalue weighted by atomic mass is 9.99. The highest BCUT2D eigenvalue weighted by Crippen LogP contribution is 2.42. The Morgan fingerprint density at radius 3 is 2.56 bits per heavy atom. The van der Waals surface area contributed by atoms with Crippen LogP contribution in [-0.4, -0.2) is 46.3 Å². The van der Waals surface area contributed by atoms with Gasteiger partial charge in [-0.25, -0.2) is 9.97 Å². The summed E-state index contributed by atoms with van der Waals surface area (Å²) in [6, 6.07) is 6.10. The number of anilines is 1. The van der Waals surface area contributed by atoms with Gasteiger partial charge in [0.05, 0.1) is 41.3 Å². The predicted molar refractivity (Wildman–Crippen MR) is 125 cm³/mol. The topological polar surface area (TPSA) is 93.0 Å². The molecule has 0 spiro atoms. The summed E-state index contributed by atoms with van der Waals surface area (Å²) in [4.78, 5) is 19.4. The van der Waals surface area contributed by atoms with Gasteiger partial charge in [0.1, 0.15) is 23.0 Å². The van der Waals surface area contributed by atoms with Crippen LogP contribution in [0.2, 0.25) is 0 Å². The summed E-state index contributed by atoms with van der Waals surface area (Å²) in [5, 5.41) is 6.05. The van der Waals surface area contributed by atoms with Crippen molar-refractivity contribution in [1.29, 1.82) is 0 Å². The Hall–Kier alpha value is -3.94. The van der Waals surface area contributed by atoms with Crippen molar-refractivity contribution in [2.24, 2.45) is 0 Å². The maximum absolute atomic E-state index is 5.79. The van der Waals surface area contributed by atoms with E-state index < -0.39 is 0 Å². The predicted octanol–water partition coefficient (Wildman–Crippen LogP) is 4.83. The first kappa shape index (κ1) is 20.0. The first-order chi connectivity index (χ1) is 15.4. The maximum Gasteiger partial charge on any atom is 0.142 e. The lowest BCUT2D eigenvalue weighted by Crippen LogP contribution is -2.10. The third-order valence-electron chi connectivity index (χ3n) is 5.72. The highest BCUT2D eigenvalue weighted by atomic mass is 16.5. The van der Waals surface area contributed by atoms with Gasteiger partial charge in [-0.1, -0.05) is 5.16 Å². The summed E-state index contributed by atoms with van der Waals surface area (Å²) in [7, 11) is 5.67. The van der Waals surface area contributed by atoms with Gasteiger partial charge in [-0.3, -0.25) is 4.98 Å². The van der Waals surface area contributed by atoms with Gasteiger partial charge in [0.2, 0.25) is 0 Å². The van der Waals surface area contributed by atoms with Crippen molar-refractivity contribution in [2.75, 3.05) is 26.1 Å². The molecule has 5 aromatic rings. The van der Waals surface area contributed by atoms with Crippen molar-refractivity contribution in [1.82, 2.24) is 25.1 Å². The molecule has 8 heteroatoms. The summed E-state index contributed by atoms with van der Waals surface area (Å²) in [6.45, 7) is 5.74. The van der Waals surface area contributed by atoms with Crippen molar-refractivity contribution in [2.45, 2.75) is 20.8 Å². The number of aryl methyl sites for hydroxylation is 3. The zero-order valence-electron chi connectivity index (χ0n) is 18.9. The summed E-state index contributed by atoms with van der Waals surface area (Å²) in [5.41, 5.74) is 7.24. The monoisotopic (exact) mass is 428 g/mol. The number of fused-ring (bicyclic) bond motifs is 3. The first-order valence-corrected chi connectivity index (χ1v) is 10.3. The van der Waals surface area contributed by atoms with Crippen molar-refractivity contribution < 1.29 is 9.26 Å². The number of ether oxygens (including phenoxy) is 1. The minimum Gasteiger partial charge on any atom is -0.496 e. The zero-order valence-corrected chi connectivity index (χ0v) is 18.9. The third kappa shape index (κ3) is 2.98. The lowest BCUT2D eigenvalue weighted by Gasteiger charge is -2.17. The van der Waals surface area contributed by atoms with E-state index in [2.05, 4.69) is 26.2 Å². The highest BCUT2D eigenvalue weighted by Gasteiger charge is 2.22. The first-order valence-electron chi connectivity index (χ1n) is 10.3. The molecule has 4 aromatic heterocycles. The van der Waals surface area contributed by atoms with Crippen molar-refractivity contribution >= 4 is 27.6 Å². The molecule has 0 fully saturated rings. The lowest BCUT2D eigenvalue weighted by molar-refractivity contribution is 0.393.